The summed E-state index contributed by atoms with van der Waals surface area (Å²) in [4.78, 5) is 10.3. The molecule has 0 heterocycles. The molecule has 0 saturated carbocycles. The minimum atomic E-state index is 0.523. The minimum absolute atomic E-state index is 0.523. The van der Waals surface area contributed by atoms with E-state index >= 15 is 0 Å². The molecule has 0 unspecified atom stereocenters. The summed E-state index contributed by atoms with van der Waals surface area (Å²) in [6.07, 6.45) is 0.752. The monoisotopic (exact) mass is 242 g/mol. The predicted molar refractivity (Wildman–Crippen MR) is 69.4 cm³/mol. The van der Waals surface area contributed by atoms with Crippen molar-refractivity contribution < 1.29 is 4.79 Å². The first-order valence-electron chi connectivity index (χ1n) is 5.16. The molecule has 0 bridgehead atoms. The highest BCUT2D eigenvalue weighted by Gasteiger charge is 1.96. The van der Waals surface area contributed by atoms with Crippen LogP contribution in [0.3, 0.4) is 0 Å². The van der Waals surface area contributed by atoms with Crippen molar-refractivity contribution in [2.45, 2.75) is 6.92 Å². The second-order valence-electron chi connectivity index (χ2n) is 3.35. The number of hydrogen-bond acceptors (Lipinski definition) is 3. The maximum atomic E-state index is 10.3. The van der Waals surface area contributed by atoms with Crippen LogP contribution in [0.2, 0.25) is 5.02 Å². The number of nitrogens with one attached hydrogen (secondary N) is 2. The lowest BCUT2D eigenvalue weighted by Gasteiger charge is -1.95. The molecule has 0 amide bonds. The summed E-state index contributed by atoms with van der Waals surface area (Å²) in [7, 11) is 3.88. The van der Waals surface area contributed by atoms with Gasteiger partial charge in [-0.3, -0.25) is 4.79 Å². The third kappa shape index (κ3) is 6.56. The molecule has 4 heteroatoms. The Hall–Kier alpha value is -0.900. The quantitative estimate of drug-likeness (QED) is 0.626. The summed E-state index contributed by atoms with van der Waals surface area (Å²) in [5.74, 6) is 0. The highest BCUT2D eigenvalue weighted by Crippen LogP contribution is 2.14. The van der Waals surface area contributed by atoms with Crippen LogP contribution in [0, 0.1) is 6.92 Å². The molecule has 0 aliphatic carbocycles. The Balaban J connectivity index is 0.000000325. The summed E-state index contributed by atoms with van der Waals surface area (Å²) < 4.78 is 0. The Morgan fingerprint density at radius 1 is 1.25 bits per heavy atom. The topological polar surface area (TPSA) is 41.1 Å². The molecule has 1 aromatic carbocycles. The molecule has 0 aromatic heterocycles. The van der Waals surface area contributed by atoms with Gasteiger partial charge in [-0.05, 0) is 38.7 Å². The van der Waals surface area contributed by atoms with Gasteiger partial charge >= 0.3 is 0 Å². The maximum Gasteiger partial charge on any atom is 0.151 e. The van der Waals surface area contributed by atoms with Crippen LogP contribution in [0.15, 0.2) is 18.2 Å². The molecule has 0 atom stereocenters. The first kappa shape index (κ1) is 15.1. The molecule has 0 fully saturated rings. The molecular formula is C12H19ClN2O. The van der Waals surface area contributed by atoms with Gasteiger partial charge in [0, 0.05) is 18.7 Å². The van der Waals surface area contributed by atoms with Gasteiger partial charge in [0.1, 0.15) is 0 Å². The van der Waals surface area contributed by atoms with E-state index in [-0.39, 0.29) is 0 Å². The molecule has 0 aliphatic rings. The summed E-state index contributed by atoms with van der Waals surface area (Å²) in [5.41, 5.74) is 1.61. The lowest BCUT2D eigenvalue weighted by Crippen LogP contribution is -2.21. The van der Waals surface area contributed by atoms with Gasteiger partial charge in [0.2, 0.25) is 0 Å². The van der Waals surface area contributed by atoms with Crippen molar-refractivity contribution in [3.05, 3.63) is 34.3 Å². The Labute approximate surface area is 102 Å². The van der Waals surface area contributed by atoms with E-state index in [2.05, 4.69) is 10.6 Å². The second-order valence-corrected chi connectivity index (χ2v) is 3.76. The maximum absolute atomic E-state index is 10.3. The number of halogens is 1. The van der Waals surface area contributed by atoms with E-state index in [0.717, 1.165) is 24.9 Å². The van der Waals surface area contributed by atoms with Crippen molar-refractivity contribution in [2.24, 2.45) is 0 Å². The van der Waals surface area contributed by atoms with E-state index in [4.69, 9.17) is 11.6 Å². The molecule has 90 valence electrons. The van der Waals surface area contributed by atoms with E-state index in [1.54, 1.807) is 12.1 Å². The average Bonchev–Trinajstić information content (AvgIpc) is 2.27. The molecule has 1 rings (SSSR count). The molecule has 1 aromatic rings. The van der Waals surface area contributed by atoms with Gasteiger partial charge in [0.05, 0.1) is 5.02 Å². The van der Waals surface area contributed by atoms with Gasteiger partial charge in [-0.2, -0.15) is 0 Å². The third-order valence-corrected chi connectivity index (χ3v) is 2.24. The van der Waals surface area contributed by atoms with Crippen LogP contribution in [0.4, 0.5) is 0 Å². The largest absolute Gasteiger partial charge is 0.318 e. The van der Waals surface area contributed by atoms with Crippen LogP contribution in [0.5, 0.6) is 0 Å². The zero-order valence-corrected chi connectivity index (χ0v) is 10.8. The van der Waals surface area contributed by atoms with Gasteiger partial charge in [-0.25, -0.2) is 0 Å². The molecule has 0 aliphatic heterocycles. The number of aldehydes is 1. The van der Waals surface area contributed by atoms with Crippen molar-refractivity contribution >= 4 is 17.9 Å². The number of benzene rings is 1. The first-order valence-corrected chi connectivity index (χ1v) is 5.54. The smallest absolute Gasteiger partial charge is 0.151 e. The van der Waals surface area contributed by atoms with Crippen molar-refractivity contribution in [1.29, 1.82) is 0 Å². The fraction of sp³-hybridized carbons (Fsp3) is 0.417. The van der Waals surface area contributed by atoms with E-state index in [9.17, 15) is 4.79 Å². The van der Waals surface area contributed by atoms with Crippen LogP contribution in [0.1, 0.15) is 15.9 Å². The van der Waals surface area contributed by atoms with Crippen LogP contribution in [-0.4, -0.2) is 33.5 Å². The second kappa shape index (κ2) is 9.33. The van der Waals surface area contributed by atoms with Crippen LogP contribution >= 0.6 is 11.6 Å². The number of rotatable bonds is 4. The zero-order valence-electron chi connectivity index (χ0n) is 10.0. The van der Waals surface area contributed by atoms with E-state index in [0.29, 0.717) is 10.6 Å². The number of likely N-dealkylation sites (N-methyl/N-ethyl adjacent to an activating group) is 2. The summed E-state index contributed by atoms with van der Waals surface area (Å²) in [6.45, 7) is 4.04. The lowest BCUT2D eigenvalue weighted by atomic mass is 10.2. The highest BCUT2D eigenvalue weighted by molar-refractivity contribution is 6.33. The van der Waals surface area contributed by atoms with E-state index < -0.39 is 0 Å². The van der Waals surface area contributed by atoms with Gasteiger partial charge in [-0.15, -0.1) is 0 Å². The lowest BCUT2D eigenvalue weighted by molar-refractivity contribution is 0.112. The predicted octanol–water partition coefficient (Wildman–Crippen LogP) is 1.89. The van der Waals surface area contributed by atoms with Gasteiger partial charge < -0.3 is 10.6 Å². The fourth-order valence-electron chi connectivity index (χ4n) is 0.978. The summed E-state index contributed by atoms with van der Waals surface area (Å²) >= 11 is 5.70. The summed E-state index contributed by atoms with van der Waals surface area (Å²) in [6, 6.07) is 5.34. The number of hydrogen-bond donors (Lipinski definition) is 2. The molecular weight excluding hydrogens is 224 g/mol. The molecule has 16 heavy (non-hydrogen) atoms. The van der Waals surface area contributed by atoms with Gasteiger partial charge in [0.15, 0.2) is 6.29 Å². The molecule has 2 N–H and O–H groups in total. The molecule has 3 nitrogen and oxygen atoms in total. The number of carbonyl (C=O) groups is 1. The average molecular weight is 243 g/mol. The number of carbonyl (C=O) groups excluding carboxylic acids is 1. The Morgan fingerprint density at radius 2 is 1.81 bits per heavy atom. The van der Waals surface area contributed by atoms with Gasteiger partial charge in [-0.1, -0.05) is 17.7 Å². The standard InChI is InChI=1S/C8H7ClO.C4H12N2/c1-6-2-3-7(5-10)8(9)4-6;1-5-3-4-6-2/h2-5H,1H3;5-6H,3-4H2,1-2H3. The van der Waals surface area contributed by atoms with E-state index in [1.807, 2.05) is 27.1 Å². The van der Waals surface area contributed by atoms with Crippen LogP contribution in [0.25, 0.3) is 0 Å². The Bertz CT molecular complexity index is 312. The van der Waals surface area contributed by atoms with E-state index in [1.165, 1.54) is 0 Å². The number of aryl methyl sites for hydroxylation is 1. The fourth-order valence-corrected chi connectivity index (χ4v) is 1.26. The van der Waals surface area contributed by atoms with Crippen molar-refractivity contribution in [3.8, 4) is 0 Å². The van der Waals surface area contributed by atoms with Crippen molar-refractivity contribution in [2.75, 3.05) is 27.2 Å². The molecule has 0 saturated heterocycles. The van der Waals surface area contributed by atoms with Gasteiger partial charge in [0.25, 0.3) is 0 Å². The Kier molecular flexibility index (Phi) is 8.81. The van der Waals surface area contributed by atoms with Crippen molar-refractivity contribution in [1.82, 2.24) is 10.6 Å². The zero-order chi connectivity index (χ0) is 12.4. The Morgan fingerprint density at radius 3 is 2.19 bits per heavy atom. The van der Waals surface area contributed by atoms with Crippen LogP contribution < -0.4 is 10.6 Å². The molecule has 0 spiro atoms. The SMILES string of the molecule is CNCCNC.Cc1ccc(C=O)c(Cl)c1. The summed E-state index contributed by atoms with van der Waals surface area (Å²) in [5, 5.41) is 6.54. The minimum Gasteiger partial charge on any atom is -0.318 e. The van der Waals surface area contributed by atoms with Crippen molar-refractivity contribution in [3.63, 3.8) is 0 Å². The molecule has 0 radical (unpaired) electrons. The first-order chi connectivity index (χ1) is 7.65. The highest BCUT2D eigenvalue weighted by atomic mass is 35.5. The van der Waals surface area contributed by atoms with Crippen LogP contribution in [-0.2, 0) is 0 Å². The normalized spacial score (nSPS) is 9.25. The third-order valence-electron chi connectivity index (χ3n) is 1.91.